The van der Waals surface area contributed by atoms with Crippen LogP contribution in [0.4, 0.5) is 5.69 Å². The smallest absolute Gasteiger partial charge is 0.221 e. The van der Waals surface area contributed by atoms with Crippen LogP contribution in [0.3, 0.4) is 0 Å². The summed E-state index contributed by atoms with van der Waals surface area (Å²) in [7, 11) is 1.65. The number of rotatable bonds is 5. The van der Waals surface area contributed by atoms with Crippen molar-refractivity contribution in [2.45, 2.75) is 32.2 Å². The molecule has 160 valence electrons. The molecule has 31 heavy (non-hydrogen) atoms. The molecule has 0 aliphatic carbocycles. The van der Waals surface area contributed by atoms with E-state index in [4.69, 9.17) is 21.3 Å². The van der Waals surface area contributed by atoms with Crippen LogP contribution < -0.4 is 9.64 Å². The summed E-state index contributed by atoms with van der Waals surface area (Å²) in [5.74, 6) is 1.35. The first kappa shape index (κ1) is 20.2. The van der Waals surface area contributed by atoms with Gasteiger partial charge in [0, 0.05) is 18.7 Å². The van der Waals surface area contributed by atoms with Crippen LogP contribution in [0.1, 0.15) is 23.5 Å². The lowest BCUT2D eigenvalue weighted by atomic mass is 10.0. The molecule has 0 saturated carbocycles. The molecule has 1 N–H and O–H groups in total. The van der Waals surface area contributed by atoms with E-state index in [0.29, 0.717) is 32.1 Å². The largest absolute Gasteiger partial charge is 0.481 e. The van der Waals surface area contributed by atoms with Crippen molar-refractivity contribution in [2.75, 3.05) is 25.1 Å². The Morgan fingerprint density at radius 3 is 2.68 bits per heavy atom. The third kappa shape index (κ3) is 3.99. The fourth-order valence-electron chi connectivity index (χ4n) is 4.44. The van der Waals surface area contributed by atoms with Crippen molar-refractivity contribution >= 4 is 17.3 Å². The third-order valence-corrected chi connectivity index (χ3v) is 6.40. The van der Waals surface area contributed by atoms with Gasteiger partial charge in [-0.3, -0.25) is 4.90 Å². The zero-order chi connectivity index (χ0) is 21.4. The molecule has 1 atom stereocenters. The first-order chi connectivity index (χ1) is 15.1. The first-order valence-electron chi connectivity index (χ1n) is 10.5. The van der Waals surface area contributed by atoms with Crippen molar-refractivity contribution < 1.29 is 9.84 Å². The van der Waals surface area contributed by atoms with Crippen LogP contribution in [-0.2, 0) is 19.6 Å². The summed E-state index contributed by atoms with van der Waals surface area (Å²) in [6, 6.07) is 16.3. The molecule has 1 aromatic heterocycles. The molecule has 0 bridgehead atoms. The Labute approximate surface area is 187 Å². The number of halogens is 1. The number of fused-ring (bicyclic) bond motifs is 1. The molecule has 5 rings (SSSR count). The standard InChI is InChI=1S/C24H25ClN4O2/c1-31-24-19-13-29(14-20(19)26-22(27-24)15-28-11-10-17(30)12-28)21-9-5-8-18(23(21)25)16-6-3-2-4-7-16/h2-9,17,30H,10-15H2,1H3/t17-/m0/s1. The fourth-order valence-corrected chi connectivity index (χ4v) is 4.80. The van der Waals surface area contributed by atoms with Gasteiger partial charge in [-0.05, 0) is 18.1 Å². The predicted octanol–water partition coefficient (Wildman–Crippen LogP) is 3.89. The monoisotopic (exact) mass is 436 g/mol. The number of aliphatic hydroxyl groups excluding tert-OH is 1. The summed E-state index contributed by atoms with van der Waals surface area (Å²) in [5.41, 5.74) is 5.07. The van der Waals surface area contributed by atoms with Gasteiger partial charge in [-0.2, -0.15) is 4.98 Å². The van der Waals surface area contributed by atoms with Crippen LogP contribution in [0.2, 0.25) is 5.02 Å². The van der Waals surface area contributed by atoms with Gasteiger partial charge in [-0.15, -0.1) is 0 Å². The number of benzene rings is 2. The molecule has 0 spiro atoms. The van der Waals surface area contributed by atoms with E-state index in [1.165, 1.54) is 0 Å². The van der Waals surface area contributed by atoms with Crippen molar-refractivity contribution in [1.29, 1.82) is 0 Å². The van der Waals surface area contributed by atoms with Crippen LogP contribution in [0.25, 0.3) is 11.1 Å². The summed E-state index contributed by atoms with van der Waals surface area (Å²) in [4.78, 5) is 13.9. The SMILES string of the molecule is COc1nc(CN2CC[C@H](O)C2)nc2c1CN(c1cccc(-c3ccccc3)c1Cl)C2. The lowest BCUT2D eigenvalue weighted by Crippen LogP contribution is -2.23. The van der Waals surface area contributed by atoms with Crippen LogP contribution in [-0.4, -0.2) is 46.3 Å². The number of aromatic nitrogens is 2. The number of methoxy groups -OCH3 is 1. The molecule has 2 aliphatic heterocycles. The highest BCUT2D eigenvalue weighted by atomic mass is 35.5. The van der Waals surface area contributed by atoms with Crippen molar-refractivity contribution in [3.63, 3.8) is 0 Å². The average Bonchev–Trinajstić information content (AvgIpc) is 3.39. The van der Waals surface area contributed by atoms with E-state index in [1.807, 2.05) is 36.4 Å². The molecule has 3 aromatic rings. The van der Waals surface area contributed by atoms with Crippen LogP contribution in [0.15, 0.2) is 48.5 Å². The number of anilines is 1. The summed E-state index contributed by atoms with van der Waals surface area (Å²) in [5, 5.41) is 10.5. The van der Waals surface area contributed by atoms with Gasteiger partial charge >= 0.3 is 0 Å². The molecule has 0 radical (unpaired) electrons. The molecule has 1 fully saturated rings. The number of nitrogens with zero attached hydrogens (tertiary/aromatic N) is 4. The lowest BCUT2D eigenvalue weighted by molar-refractivity contribution is 0.174. The molecule has 2 aliphatic rings. The summed E-state index contributed by atoms with van der Waals surface area (Å²) < 4.78 is 5.61. The summed E-state index contributed by atoms with van der Waals surface area (Å²) in [6.45, 7) is 3.45. The second-order valence-corrected chi connectivity index (χ2v) is 8.49. The molecular weight excluding hydrogens is 412 g/mol. The number of hydrogen-bond acceptors (Lipinski definition) is 6. The van der Waals surface area contributed by atoms with Crippen LogP contribution in [0, 0.1) is 0 Å². The van der Waals surface area contributed by atoms with E-state index >= 15 is 0 Å². The highest BCUT2D eigenvalue weighted by Gasteiger charge is 2.29. The Morgan fingerprint density at radius 1 is 1.10 bits per heavy atom. The van der Waals surface area contributed by atoms with E-state index < -0.39 is 0 Å². The Morgan fingerprint density at radius 2 is 1.94 bits per heavy atom. The zero-order valence-electron chi connectivity index (χ0n) is 17.5. The molecule has 1 saturated heterocycles. The van der Waals surface area contributed by atoms with Crippen molar-refractivity contribution in [3.05, 3.63) is 70.6 Å². The number of hydrogen-bond donors (Lipinski definition) is 1. The molecule has 0 unspecified atom stereocenters. The Kier molecular flexibility index (Phi) is 5.52. The maximum Gasteiger partial charge on any atom is 0.221 e. The summed E-state index contributed by atoms with van der Waals surface area (Å²) >= 11 is 6.86. The Bertz CT molecular complexity index is 1090. The third-order valence-electron chi connectivity index (χ3n) is 6.00. The van der Waals surface area contributed by atoms with Gasteiger partial charge in [0.25, 0.3) is 0 Å². The quantitative estimate of drug-likeness (QED) is 0.654. The highest BCUT2D eigenvalue weighted by molar-refractivity contribution is 6.36. The van der Waals surface area contributed by atoms with Gasteiger partial charge in [-0.1, -0.05) is 54.1 Å². The second kappa shape index (κ2) is 8.46. The van der Waals surface area contributed by atoms with Gasteiger partial charge < -0.3 is 14.7 Å². The molecular formula is C24H25ClN4O2. The van der Waals surface area contributed by atoms with Gasteiger partial charge in [0.2, 0.25) is 5.88 Å². The first-order valence-corrected chi connectivity index (χ1v) is 10.9. The van der Waals surface area contributed by atoms with E-state index in [9.17, 15) is 5.11 Å². The molecule has 6 nitrogen and oxygen atoms in total. The number of β-amino-alcohol motifs (C(OH)–C–C–N with tert-alkyl or cyclic N) is 1. The number of ether oxygens (including phenoxy) is 1. The average molecular weight is 437 g/mol. The maximum absolute atomic E-state index is 9.80. The molecule has 7 heteroatoms. The number of aliphatic hydroxyl groups is 1. The van der Waals surface area contributed by atoms with E-state index in [1.54, 1.807) is 7.11 Å². The van der Waals surface area contributed by atoms with E-state index in [0.717, 1.165) is 51.9 Å². The minimum atomic E-state index is -0.258. The minimum absolute atomic E-state index is 0.258. The summed E-state index contributed by atoms with van der Waals surface area (Å²) in [6.07, 6.45) is 0.539. The molecule has 3 heterocycles. The number of likely N-dealkylation sites (tertiary alicyclic amines) is 1. The minimum Gasteiger partial charge on any atom is -0.481 e. The maximum atomic E-state index is 9.80. The van der Waals surface area contributed by atoms with Gasteiger partial charge in [0.05, 0.1) is 54.8 Å². The lowest BCUT2D eigenvalue weighted by Gasteiger charge is -2.20. The van der Waals surface area contributed by atoms with E-state index in [2.05, 4.69) is 26.9 Å². The topological polar surface area (TPSA) is 61.7 Å². The zero-order valence-corrected chi connectivity index (χ0v) is 18.2. The van der Waals surface area contributed by atoms with E-state index in [-0.39, 0.29) is 6.10 Å². The normalized spacial score (nSPS) is 18.4. The van der Waals surface area contributed by atoms with Gasteiger partial charge in [0.15, 0.2) is 0 Å². The predicted molar refractivity (Wildman–Crippen MR) is 121 cm³/mol. The molecule has 2 aromatic carbocycles. The molecule has 0 amide bonds. The van der Waals surface area contributed by atoms with Crippen molar-refractivity contribution in [1.82, 2.24) is 14.9 Å². The second-order valence-electron chi connectivity index (χ2n) is 8.11. The fraction of sp³-hybridized carbons (Fsp3) is 0.333. The van der Waals surface area contributed by atoms with Gasteiger partial charge in [0.1, 0.15) is 5.82 Å². The Balaban J connectivity index is 1.43. The highest BCUT2D eigenvalue weighted by Crippen LogP contribution is 2.40. The van der Waals surface area contributed by atoms with Crippen LogP contribution in [0.5, 0.6) is 5.88 Å². The van der Waals surface area contributed by atoms with Crippen LogP contribution >= 0.6 is 11.6 Å². The Hall–Kier alpha value is -2.67. The van der Waals surface area contributed by atoms with Crippen molar-refractivity contribution in [2.24, 2.45) is 0 Å². The van der Waals surface area contributed by atoms with Crippen molar-refractivity contribution in [3.8, 4) is 17.0 Å². The van der Waals surface area contributed by atoms with Gasteiger partial charge in [-0.25, -0.2) is 4.98 Å².